The van der Waals surface area contributed by atoms with E-state index in [1.165, 1.54) is 18.2 Å². The summed E-state index contributed by atoms with van der Waals surface area (Å²) in [5.74, 6) is -1.46. The zero-order valence-electron chi connectivity index (χ0n) is 9.85. The van der Waals surface area contributed by atoms with Crippen molar-refractivity contribution in [3.05, 3.63) is 35.1 Å². The molecule has 3 N–H and O–H groups in total. The number of nitrogens with one attached hydrogen (secondary N) is 1. The molecule has 0 heterocycles. The monoisotopic (exact) mass is 276 g/mol. The highest BCUT2D eigenvalue weighted by molar-refractivity contribution is 5.87. The molecule has 1 aliphatic rings. The Hall–Kier alpha value is -1.63. The average Bonchev–Trinajstić information content (AvgIpc) is 2.67. The van der Waals surface area contributed by atoms with Gasteiger partial charge >= 0.3 is 6.18 Å². The topological polar surface area (TPSA) is 55.1 Å². The van der Waals surface area contributed by atoms with Gasteiger partial charge in [-0.3, -0.25) is 10.1 Å². The molecule has 3 nitrogen and oxygen atoms in total. The highest BCUT2D eigenvalue weighted by Gasteiger charge is 2.46. The van der Waals surface area contributed by atoms with E-state index in [1.807, 2.05) is 0 Å². The van der Waals surface area contributed by atoms with E-state index in [9.17, 15) is 22.4 Å². The summed E-state index contributed by atoms with van der Waals surface area (Å²) in [6.07, 6.45) is -4.27. The van der Waals surface area contributed by atoms with Gasteiger partial charge in [0.05, 0.1) is 6.54 Å². The van der Waals surface area contributed by atoms with Gasteiger partial charge in [0, 0.05) is 0 Å². The van der Waals surface area contributed by atoms with E-state index in [2.05, 4.69) is 5.32 Å². The Morgan fingerprint density at radius 2 is 2.11 bits per heavy atom. The standard InChI is InChI=1S/C12H12F4N2O/c13-9-3-1-2-8-7(9)4-5-11(8,10(17)19)18-6-12(14,15)16/h1-3,18H,4-6H2,(H2,17,19). The number of hydrogen-bond acceptors (Lipinski definition) is 2. The van der Waals surface area contributed by atoms with Crippen molar-refractivity contribution in [2.45, 2.75) is 24.6 Å². The minimum absolute atomic E-state index is 0.0225. The van der Waals surface area contributed by atoms with E-state index < -0.39 is 30.0 Å². The number of amides is 1. The smallest absolute Gasteiger partial charge is 0.368 e. The molecule has 1 aromatic rings. The van der Waals surface area contributed by atoms with Crippen molar-refractivity contribution in [1.29, 1.82) is 0 Å². The van der Waals surface area contributed by atoms with Crippen LogP contribution in [0.1, 0.15) is 17.5 Å². The van der Waals surface area contributed by atoms with Crippen LogP contribution in [0.15, 0.2) is 18.2 Å². The molecule has 0 aliphatic heterocycles. The summed E-state index contributed by atoms with van der Waals surface area (Å²) in [5.41, 5.74) is 4.03. The predicted molar refractivity (Wildman–Crippen MR) is 59.7 cm³/mol. The number of carbonyl (C=O) groups is 1. The van der Waals surface area contributed by atoms with Crippen LogP contribution in [0.25, 0.3) is 0 Å². The quantitative estimate of drug-likeness (QED) is 0.824. The molecule has 0 radical (unpaired) electrons. The number of halogens is 4. The fourth-order valence-corrected chi connectivity index (χ4v) is 2.44. The van der Waals surface area contributed by atoms with Crippen LogP contribution in [0.5, 0.6) is 0 Å². The van der Waals surface area contributed by atoms with Gasteiger partial charge in [-0.15, -0.1) is 0 Å². The number of nitrogens with two attached hydrogens (primary N) is 1. The maximum atomic E-state index is 13.6. The van der Waals surface area contributed by atoms with Gasteiger partial charge in [-0.05, 0) is 30.0 Å². The first-order chi connectivity index (χ1) is 8.76. The second kappa shape index (κ2) is 4.48. The van der Waals surface area contributed by atoms with Crippen LogP contribution in [0.3, 0.4) is 0 Å². The summed E-state index contributed by atoms with van der Waals surface area (Å²) in [6.45, 7) is -1.36. The molecule has 19 heavy (non-hydrogen) atoms. The second-order valence-corrected chi connectivity index (χ2v) is 4.50. The van der Waals surface area contributed by atoms with Crippen LogP contribution in [0.4, 0.5) is 17.6 Å². The lowest BCUT2D eigenvalue weighted by atomic mass is 9.90. The Labute approximate surface area is 106 Å². The highest BCUT2D eigenvalue weighted by atomic mass is 19.4. The summed E-state index contributed by atoms with van der Waals surface area (Å²) in [4.78, 5) is 11.6. The number of rotatable bonds is 3. The fraction of sp³-hybridized carbons (Fsp3) is 0.417. The number of hydrogen-bond donors (Lipinski definition) is 2. The van der Waals surface area contributed by atoms with Gasteiger partial charge in [0.2, 0.25) is 5.91 Å². The van der Waals surface area contributed by atoms with Crippen LogP contribution in [0, 0.1) is 5.82 Å². The molecule has 0 saturated carbocycles. The molecular formula is C12H12F4N2O. The van der Waals surface area contributed by atoms with E-state index in [0.29, 0.717) is 0 Å². The Morgan fingerprint density at radius 3 is 2.68 bits per heavy atom. The maximum absolute atomic E-state index is 13.6. The lowest BCUT2D eigenvalue weighted by Crippen LogP contribution is -2.53. The van der Waals surface area contributed by atoms with Crippen LogP contribution in [0.2, 0.25) is 0 Å². The van der Waals surface area contributed by atoms with Gasteiger partial charge < -0.3 is 5.73 Å². The van der Waals surface area contributed by atoms with Crippen molar-refractivity contribution in [1.82, 2.24) is 5.32 Å². The third kappa shape index (κ3) is 2.42. The lowest BCUT2D eigenvalue weighted by Gasteiger charge is -2.29. The van der Waals surface area contributed by atoms with Crippen LogP contribution in [-0.4, -0.2) is 18.6 Å². The molecule has 1 aromatic carbocycles. The number of alkyl halides is 3. The minimum atomic E-state index is -4.47. The number of carbonyl (C=O) groups excluding carboxylic acids is 1. The molecule has 0 spiro atoms. The first kappa shape index (κ1) is 13.8. The number of primary amides is 1. The molecule has 0 fully saturated rings. The van der Waals surface area contributed by atoms with Crippen molar-refractivity contribution in [3.8, 4) is 0 Å². The molecular weight excluding hydrogens is 264 g/mol. The van der Waals surface area contributed by atoms with Gasteiger partial charge in [-0.25, -0.2) is 4.39 Å². The van der Waals surface area contributed by atoms with Crippen LogP contribution >= 0.6 is 0 Å². The van der Waals surface area contributed by atoms with E-state index in [4.69, 9.17) is 5.73 Å². The molecule has 1 unspecified atom stereocenters. The lowest BCUT2D eigenvalue weighted by molar-refractivity contribution is -0.136. The molecule has 0 aromatic heterocycles. The SMILES string of the molecule is NC(=O)C1(NCC(F)(F)F)CCc2c(F)cccc21. The van der Waals surface area contributed by atoms with Crippen LogP contribution in [-0.2, 0) is 16.8 Å². The third-order valence-electron chi connectivity index (χ3n) is 3.34. The third-order valence-corrected chi connectivity index (χ3v) is 3.34. The zero-order chi connectivity index (χ0) is 14.3. The van der Waals surface area contributed by atoms with Crippen molar-refractivity contribution < 1.29 is 22.4 Å². The van der Waals surface area contributed by atoms with Crippen LogP contribution < -0.4 is 11.1 Å². The molecule has 0 bridgehead atoms. The zero-order valence-corrected chi connectivity index (χ0v) is 9.85. The maximum Gasteiger partial charge on any atom is 0.401 e. The molecule has 2 rings (SSSR count). The number of benzene rings is 1. The second-order valence-electron chi connectivity index (χ2n) is 4.50. The van der Waals surface area contributed by atoms with Gasteiger partial charge in [-0.1, -0.05) is 12.1 Å². The Kier molecular flexibility index (Phi) is 3.25. The predicted octanol–water partition coefficient (Wildman–Crippen LogP) is 1.60. The molecule has 1 amide bonds. The summed E-state index contributed by atoms with van der Waals surface area (Å²) in [5, 5.41) is 2.15. The van der Waals surface area contributed by atoms with E-state index in [1.54, 1.807) is 0 Å². The Morgan fingerprint density at radius 1 is 1.42 bits per heavy atom. The van der Waals surface area contributed by atoms with Gasteiger partial charge in [0.1, 0.15) is 11.4 Å². The van der Waals surface area contributed by atoms with Gasteiger partial charge in [0.15, 0.2) is 0 Å². The first-order valence-corrected chi connectivity index (χ1v) is 5.66. The van der Waals surface area contributed by atoms with E-state index in [0.717, 1.165) is 0 Å². The highest BCUT2D eigenvalue weighted by Crippen LogP contribution is 2.38. The van der Waals surface area contributed by atoms with Crippen molar-refractivity contribution in [2.75, 3.05) is 6.54 Å². The van der Waals surface area contributed by atoms with Gasteiger partial charge in [0.25, 0.3) is 0 Å². The summed E-state index contributed by atoms with van der Waals surface area (Å²) in [6, 6.07) is 3.99. The van der Waals surface area contributed by atoms with Crippen molar-refractivity contribution in [2.24, 2.45) is 5.73 Å². The molecule has 0 saturated heterocycles. The summed E-state index contributed by atoms with van der Waals surface area (Å²) in [7, 11) is 0. The normalized spacial score (nSPS) is 22.3. The van der Waals surface area contributed by atoms with E-state index in [-0.39, 0.29) is 24.0 Å². The average molecular weight is 276 g/mol. The molecule has 104 valence electrons. The van der Waals surface area contributed by atoms with E-state index >= 15 is 0 Å². The minimum Gasteiger partial charge on any atom is -0.368 e. The largest absolute Gasteiger partial charge is 0.401 e. The Bertz CT molecular complexity index is 515. The van der Waals surface area contributed by atoms with Gasteiger partial charge in [-0.2, -0.15) is 13.2 Å². The number of fused-ring (bicyclic) bond motifs is 1. The summed E-state index contributed by atoms with van der Waals surface area (Å²) < 4.78 is 50.5. The Balaban J connectivity index is 2.40. The summed E-state index contributed by atoms with van der Waals surface area (Å²) >= 11 is 0. The van der Waals surface area contributed by atoms with Crippen molar-refractivity contribution >= 4 is 5.91 Å². The fourth-order valence-electron chi connectivity index (χ4n) is 2.44. The molecule has 1 atom stereocenters. The van der Waals surface area contributed by atoms with Crippen molar-refractivity contribution in [3.63, 3.8) is 0 Å². The molecule has 1 aliphatic carbocycles. The molecule has 7 heteroatoms. The first-order valence-electron chi connectivity index (χ1n) is 5.66.